The third-order valence-corrected chi connectivity index (χ3v) is 2.65. The Morgan fingerprint density at radius 3 is 2.21 bits per heavy atom. The van der Waals surface area contributed by atoms with Crippen LogP contribution in [0, 0.1) is 0 Å². The van der Waals surface area contributed by atoms with Crippen molar-refractivity contribution in [2.24, 2.45) is 0 Å². The van der Waals surface area contributed by atoms with E-state index in [2.05, 4.69) is 14.2 Å². The van der Waals surface area contributed by atoms with E-state index in [1.54, 1.807) is 24.3 Å². The van der Waals surface area contributed by atoms with Crippen LogP contribution in [0.1, 0.15) is 0 Å². The molecule has 1 unspecified atom stereocenters. The molecule has 0 radical (unpaired) electrons. The van der Waals surface area contributed by atoms with E-state index in [4.69, 9.17) is 4.52 Å². The number of alkyl halides is 3. The molecule has 0 bridgehead atoms. The summed E-state index contributed by atoms with van der Waals surface area (Å²) < 4.78 is 45.6. The van der Waals surface area contributed by atoms with Crippen LogP contribution in [0.25, 0.3) is 11.1 Å². The third-order valence-electron chi connectivity index (χ3n) is 2.40. The van der Waals surface area contributed by atoms with Crippen molar-refractivity contribution in [3.05, 3.63) is 48.5 Å². The molecule has 19 heavy (non-hydrogen) atoms. The van der Waals surface area contributed by atoms with Crippen LogP contribution in [0.4, 0.5) is 13.2 Å². The Balaban J connectivity index is 2.43. The Hall–Kier alpha value is -1.74. The lowest BCUT2D eigenvalue weighted by Crippen LogP contribution is -2.17. The van der Waals surface area contributed by atoms with Gasteiger partial charge in [-0.25, -0.2) is 0 Å². The standard InChI is InChI=1S/C13H10F3O2P/c14-13(15,16)17-10-6-7-12(18-19)11(8-10)9-4-2-1-3-5-9/h1-8H,19H2. The second kappa shape index (κ2) is 5.49. The zero-order valence-electron chi connectivity index (χ0n) is 9.65. The molecule has 0 spiro atoms. The van der Waals surface area contributed by atoms with Gasteiger partial charge < -0.3 is 9.26 Å². The molecule has 0 heterocycles. The van der Waals surface area contributed by atoms with Crippen molar-refractivity contribution in [3.8, 4) is 22.6 Å². The minimum atomic E-state index is -4.71. The first-order chi connectivity index (χ1) is 8.99. The normalized spacial score (nSPS) is 11.2. The maximum Gasteiger partial charge on any atom is 0.573 e. The SMILES string of the molecule is FC(F)(F)Oc1ccc(OP)c(-c2ccccc2)c1. The summed E-state index contributed by atoms with van der Waals surface area (Å²) in [5.74, 6) is 0.169. The first kappa shape index (κ1) is 13.7. The van der Waals surface area contributed by atoms with E-state index < -0.39 is 6.36 Å². The van der Waals surface area contributed by atoms with Crippen LogP contribution in [-0.4, -0.2) is 6.36 Å². The Morgan fingerprint density at radius 2 is 1.63 bits per heavy atom. The van der Waals surface area contributed by atoms with Crippen LogP contribution in [0.2, 0.25) is 0 Å². The van der Waals surface area contributed by atoms with E-state index in [-0.39, 0.29) is 5.75 Å². The summed E-state index contributed by atoms with van der Waals surface area (Å²) in [6, 6.07) is 12.9. The molecule has 100 valence electrons. The van der Waals surface area contributed by atoms with Gasteiger partial charge in [-0.1, -0.05) is 30.3 Å². The van der Waals surface area contributed by atoms with Crippen molar-refractivity contribution in [3.63, 3.8) is 0 Å². The highest BCUT2D eigenvalue weighted by atomic mass is 31.0. The summed E-state index contributed by atoms with van der Waals surface area (Å²) >= 11 is 0. The molecular weight excluding hydrogens is 276 g/mol. The summed E-state index contributed by atoms with van der Waals surface area (Å²) in [7, 11) is 2.07. The molecule has 0 aliphatic rings. The van der Waals surface area contributed by atoms with Crippen molar-refractivity contribution in [1.29, 1.82) is 0 Å². The predicted molar refractivity (Wildman–Crippen MR) is 68.9 cm³/mol. The van der Waals surface area contributed by atoms with Gasteiger partial charge in [-0.15, -0.1) is 13.2 Å². The van der Waals surface area contributed by atoms with Gasteiger partial charge in [0.2, 0.25) is 0 Å². The molecule has 0 aromatic heterocycles. The molecule has 0 saturated heterocycles. The number of rotatable bonds is 3. The van der Waals surface area contributed by atoms with Crippen LogP contribution < -0.4 is 9.26 Å². The molecule has 0 aliphatic carbocycles. The van der Waals surface area contributed by atoms with E-state index in [1.165, 1.54) is 18.2 Å². The molecule has 0 N–H and O–H groups in total. The number of hydrogen-bond acceptors (Lipinski definition) is 2. The molecular formula is C13H10F3O2P. The quantitative estimate of drug-likeness (QED) is 0.777. The van der Waals surface area contributed by atoms with Gasteiger partial charge in [0.1, 0.15) is 11.5 Å². The fourth-order valence-corrected chi connectivity index (χ4v) is 1.86. The highest BCUT2D eigenvalue weighted by molar-refractivity contribution is 7.10. The Kier molecular flexibility index (Phi) is 3.96. The zero-order chi connectivity index (χ0) is 13.9. The van der Waals surface area contributed by atoms with Gasteiger partial charge in [0.15, 0.2) is 0 Å². The number of ether oxygens (including phenoxy) is 1. The van der Waals surface area contributed by atoms with E-state index in [0.717, 1.165) is 5.56 Å². The van der Waals surface area contributed by atoms with Crippen LogP contribution >= 0.6 is 9.47 Å². The topological polar surface area (TPSA) is 18.5 Å². The molecule has 0 amide bonds. The summed E-state index contributed by atoms with van der Waals surface area (Å²) in [5, 5.41) is 0. The summed E-state index contributed by atoms with van der Waals surface area (Å²) in [4.78, 5) is 0. The number of hydrogen-bond donors (Lipinski definition) is 0. The largest absolute Gasteiger partial charge is 0.573 e. The Labute approximate surface area is 110 Å². The smallest absolute Gasteiger partial charge is 0.480 e. The van der Waals surface area contributed by atoms with Crippen LogP contribution in [0.3, 0.4) is 0 Å². The predicted octanol–water partition coefficient (Wildman–Crippen LogP) is 4.42. The van der Waals surface area contributed by atoms with Crippen LogP contribution in [0.15, 0.2) is 48.5 Å². The lowest BCUT2D eigenvalue weighted by atomic mass is 10.0. The minimum absolute atomic E-state index is 0.280. The number of benzene rings is 2. The Bertz CT molecular complexity index is 556. The van der Waals surface area contributed by atoms with Crippen molar-refractivity contribution in [2.45, 2.75) is 6.36 Å². The fourth-order valence-electron chi connectivity index (χ4n) is 1.65. The van der Waals surface area contributed by atoms with Gasteiger partial charge >= 0.3 is 6.36 Å². The first-order valence-electron chi connectivity index (χ1n) is 5.31. The molecule has 0 saturated carbocycles. The van der Waals surface area contributed by atoms with Crippen molar-refractivity contribution in [1.82, 2.24) is 0 Å². The molecule has 2 nitrogen and oxygen atoms in total. The lowest BCUT2D eigenvalue weighted by Gasteiger charge is -2.13. The monoisotopic (exact) mass is 286 g/mol. The average molecular weight is 286 g/mol. The maximum absolute atomic E-state index is 12.2. The molecule has 6 heteroatoms. The molecule has 2 aromatic rings. The highest BCUT2D eigenvalue weighted by Gasteiger charge is 2.31. The molecule has 0 fully saturated rings. The van der Waals surface area contributed by atoms with Crippen LogP contribution in [-0.2, 0) is 0 Å². The van der Waals surface area contributed by atoms with Gasteiger partial charge in [0.25, 0.3) is 0 Å². The molecule has 2 aromatic carbocycles. The second-order valence-corrected chi connectivity index (χ2v) is 3.93. The molecule has 1 atom stereocenters. The number of halogens is 3. The zero-order valence-corrected chi connectivity index (χ0v) is 10.8. The van der Waals surface area contributed by atoms with Crippen molar-refractivity contribution >= 4 is 9.47 Å². The van der Waals surface area contributed by atoms with Gasteiger partial charge in [0, 0.05) is 5.56 Å². The molecule has 2 rings (SSSR count). The Morgan fingerprint density at radius 1 is 0.947 bits per heavy atom. The van der Waals surface area contributed by atoms with Gasteiger partial charge in [-0.2, -0.15) is 0 Å². The van der Waals surface area contributed by atoms with Crippen molar-refractivity contribution in [2.75, 3.05) is 0 Å². The highest BCUT2D eigenvalue weighted by Crippen LogP contribution is 2.35. The van der Waals surface area contributed by atoms with E-state index in [9.17, 15) is 13.2 Å². The van der Waals surface area contributed by atoms with E-state index in [0.29, 0.717) is 11.3 Å². The van der Waals surface area contributed by atoms with E-state index in [1.807, 2.05) is 6.07 Å². The van der Waals surface area contributed by atoms with E-state index >= 15 is 0 Å². The summed E-state index contributed by atoms with van der Waals surface area (Å²) in [6.07, 6.45) is -4.71. The fraction of sp³-hybridized carbons (Fsp3) is 0.0769. The average Bonchev–Trinajstić information content (AvgIpc) is 2.38. The summed E-state index contributed by atoms with van der Waals surface area (Å²) in [6.45, 7) is 0. The van der Waals surface area contributed by atoms with Crippen molar-refractivity contribution < 1.29 is 22.4 Å². The molecule has 0 aliphatic heterocycles. The van der Waals surface area contributed by atoms with Gasteiger partial charge in [-0.05, 0) is 23.8 Å². The van der Waals surface area contributed by atoms with Crippen LogP contribution in [0.5, 0.6) is 11.5 Å². The van der Waals surface area contributed by atoms with Gasteiger partial charge in [0.05, 0.1) is 9.47 Å². The minimum Gasteiger partial charge on any atom is -0.480 e. The summed E-state index contributed by atoms with van der Waals surface area (Å²) in [5.41, 5.74) is 1.27. The first-order valence-corrected chi connectivity index (χ1v) is 5.79. The second-order valence-electron chi connectivity index (χ2n) is 3.69. The lowest BCUT2D eigenvalue weighted by molar-refractivity contribution is -0.274. The maximum atomic E-state index is 12.2. The van der Waals surface area contributed by atoms with Gasteiger partial charge in [-0.3, -0.25) is 0 Å². The third kappa shape index (κ3) is 3.61.